The quantitative estimate of drug-likeness (QED) is 0.905. The molecule has 1 atom stereocenters. The molecule has 3 rings (SSSR count). The number of nitrogens with one attached hydrogen (secondary N) is 2. The van der Waals surface area contributed by atoms with Gasteiger partial charge >= 0.3 is 0 Å². The number of rotatable bonds is 4. The fourth-order valence-corrected chi connectivity index (χ4v) is 2.72. The Kier molecular flexibility index (Phi) is 4.06. The van der Waals surface area contributed by atoms with Crippen LogP contribution in [0.25, 0.3) is 10.8 Å². The summed E-state index contributed by atoms with van der Waals surface area (Å²) in [4.78, 5) is 11.7. The van der Waals surface area contributed by atoms with E-state index in [-0.39, 0.29) is 11.9 Å². The van der Waals surface area contributed by atoms with Crippen molar-refractivity contribution in [3.63, 3.8) is 0 Å². The Labute approximate surface area is 124 Å². The Morgan fingerprint density at radius 1 is 1.24 bits per heavy atom. The number of carbonyl (C=O) groups excluding carboxylic acids is 1. The van der Waals surface area contributed by atoms with E-state index >= 15 is 0 Å². The van der Waals surface area contributed by atoms with Crippen molar-refractivity contribution in [2.45, 2.75) is 25.4 Å². The van der Waals surface area contributed by atoms with Crippen molar-refractivity contribution in [3.05, 3.63) is 42.0 Å². The minimum Gasteiger partial charge on any atom is -0.497 e. The van der Waals surface area contributed by atoms with Crippen LogP contribution in [-0.2, 0) is 11.3 Å². The molecule has 1 aliphatic heterocycles. The highest BCUT2D eigenvalue weighted by Gasteiger charge is 2.20. The summed E-state index contributed by atoms with van der Waals surface area (Å²) >= 11 is 0. The fraction of sp³-hybridized carbons (Fsp3) is 0.353. The first-order valence-electron chi connectivity index (χ1n) is 7.34. The molecule has 1 heterocycles. The molecule has 1 unspecified atom stereocenters. The molecule has 0 aromatic heterocycles. The van der Waals surface area contributed by atoms with E-state index in [1.54, 1.807) is 7.11 Å². The molecule has 21 heavy (non-hydrogen) atoms. The van der Waals surface area contributed by atoms with Gasteiger partial charge in [0.2, 0.25) is 5.91 Å². The molecule has 2 aromatic rings. The minimum atomic E-state index is -0.0645. The van der Waals surface area contributed by atoms with Crippen molar-refractivity contribution in [1.82, 2.24) is 10.6 Å². The number of amides is 1. The van der Waals surface area contributed by atoms with Crippen LogP contribution >= 0.6 is 0 Å². The number of carbonyl (C=O) groups is 1. The highest BCUT2D eigenvalue weighted by atomic mass is 16.5. The Hall–Kier alpha value is -2.07. The molecule has 0 radical (unpaired) electrons. The number of piperidine rings is 1. The van der Waals surface area contributed by atoms with E-state index in [0.29, 0.717) is 6.54 Å². The molecule has 2 aromatic carbocycles. The van der Waals surface area contributed by atoms with Crippen LogP contribution in [0.15, 0.2) is 36.4 Å². The summed E-state index contributed by atoms with van der Waals surface area (Å²) in [7, 11) is 1.68. The summed E-state index contributed by atoms with van der Waals surface area (Å²) in [5, 5.41) is 8.58. The second-order valence-corrected chi connectivity index (χ2v) is 5.41. The van der Waals surface area contributed by atoms with Crippen LogP contribution in [0.2, 0.25) is 0 Å². The van der Waals surface area contributed by atoms with Gasteiger partial charge in [0.1, 0.15) is 5.75 Å². The average molecular weight is 284 g/mol. The third-order valence-corrected chi connectivity index (χ3v) is 3.95. The molecule has 4 nitrogen and oxygen atoms in total. The number of fused-ring (bicyclic) bond motifs is 1. The average Bonchev–Trinajstić information content (AvgIpc) is 2.53. The Morgan fingerprint density at radius 3 is 2.86 bits per heavy atom. The molecule has 1 amide bonds. The molecular formula is C17H20N2O2. The third-order valence-electron chi connectivity index (χ3n) is 3.95. The number of hydrogen-bond donors (Lipinski definition) is 2. The molecule has 2 N–H and O–H groups in total. The largest absolute Gasteiger partial charge is 0.497 e. The first-order valence-corrected chi connectivity index (χ1v) is 7.34. The molecule has 1 saturated heterocycles. The zero-order valence-corrected chi connectivity index (χ0v) is 12.2. The molecule has 1 aliphatic rings. The van der Waals surface area contributed by atoms with E-state index in [1.807, 2.05) is 12.1 Å². The van der Waals surface area contributed by atoms with Gasteiger partial charge in [-0.25, -0.2) is 0 Å². The number of hydrogen-bond acceptors (Lipinski definition) is 3. The zero-order valence-electron chi connectivity index (χ0n) is 12.2. The molecule has 0 saturated carbocycles. The first-order chi connectivity index (χ1) is 10.3. The van der Waals surface area contributed by atoms with Crippen LogP contribution in [0.4, 0.5) is 0 Å². The van der Waals surface area contributed by atoms with Gasteiger partial charge in [0.15, 0.2) is 0 Å². The summed E-state index contributed by atoms with van der Waals surface area (Å²) in [6.07, 6.45) is 1.96. The molecule has 4 heteroatoms. The summed E-state index contributed by atoms with van der Waals surface area (Å²) in [5.74, 6) is 0.985. The fourth-order valence-electron chi connectivity index (χ4n) is 2.72. The normalized spacial score (nSPS) is 18.5. The lowest BCUT2D eigenvalue weighted by molar-refractivity contribution is -0.124. The Balaban J connectivity index is 1.71. The van der Waals surface area contributed by atoms with Crippen molar-refractivity contribution in [2.24, 2.45) is 0 Å². The lowest BCUT2D eigenvalue weighted by atomic mass is 10.0. The van der Waals surface area contributed by atoms with Gasteiger partial charge in [-0.2, -0.15) is 0 Å². The maximum absolute atomic E-state index is 11.7. The molecule has 0 aliphatic carbocycles. The second-order valence-electron chi connectivity index (χ2n) is 5.41. The van der Waals surface area contributed by atoms with Gasteiger partial charge in [-0.1, -0.05) is 18.2 Å². The van der Waals surface area contributed by atoms with Crippen LogP contribution in [-0.4, -0.2) is 25.6 Å². The highest BCUT2D eigenvalue weighted by molar-refractivity contribution is 5.84. The van der Waals surface area contributed by atoms with Gasteiger partial charge in [0.05, 0.1) is 13.2 Å². The van der Waals surface area contributed by atoms with E-state index in [2.05, 4.69) is 34.9 Å². The second kappa shape index (κ2) is 6.14. The highest BCUT2D eigenvalue weighted by Crippen LogP contribution is 2.22. The SMILES string of the molecule is COc1ccc2cc(CNC3CCCNC3=O)ccc2c1. The monoisotopic (exact) mass is 284 g/mol. The first kappa shape index (κ1) is 13.9. The van der Waals surface area contributed by atoms with Crippen molar-refractivity contribution >= 4 is 16.7 Å². The van der Waals surface area contributed by atoms with E-state index < -0.39 is 0 Å². The van der Waals surface area contributed by atoms with Crippen LogP contribution < -0.4 is 15.4 Å². The topological polar surface area (TPSA) is 50.4 Å². The van der Waals surface area contributed by atoms with E-state index in [9.17, 15) is 4.79 Å². The summed E-state index contributed by atoms with van der Waals surface area (Å²) in [5.41, 5.74) is 1.19. The van der Waals surface area contributed by atoms with Gasteiger partial charge in [-0.3, -0.25) is 4.79 Å². The molecule has 0 spiro atoms. The maximum atomic E-state index is 11.7. The van der Waals surface area contributed by atoms with Crippen LogP contribution in [0.5, 0.6) is 5.75 Å². The number of methoxy groups -OCH3 is 1. The summed E-state index contributed by atoms with van der Waals surface area (Å²) in [6, 6.07) is 12.3. The smallest absolute Gasteiger partial charge is 0.237 e. The zero-order chi connectivity index (χ0) is 14.7. The maximum Gasteiger partial charge on any atom is 0.237 e. The Bertz CT molecular complexity index is 654. The predicted molar refractivity (Wildman–Crippen MR) is 83.4 cm³/mol. The van der Waals surface area contributed by atoms with Crippen LogP contribution in [0.3, 0.4) is 0 Å². The van der Waals surface area contributed by atoms with Gasteiger partial charge in [-0.15, -0.1) is 0 Å². The lowest BCUT2D eigenvalue weighted by Crippen LogP contribution is -2.47. The van der Waals surface area contributed by atoms with Crippen molar-refractivity contribution in [3.8, 4) is 5.75 Å². The Morgan fingerprint density at radius 2 is 2.05 bits per heavy atom. The number of ether oxygens (including phenoxy) is 1. The minimum absolute atomic E-state index is 0.0645. The van der Waals surface area contributed by atoms with Gasteiger partial charge in [0.25, 0.3) is 0 Å². The van der Waals surface area contributed by atoms with E-state index in [4.69, 9.17) is 4.74 Å². The standard InChI is InChI=1S/C17H20N2O2/c1-21-15-7-6-13-9-12(4-5-14(13)10-15)11-19-16-3-2-8-18-17(16)20/h4-7,9-10,16,19H,2-3,8,11H2,1H3,(H,18,20). The summed E-state index contributed by atoms with van der Waals surface area (Å²) in [6.45, 7) is 1.51. The van der Waals surface area contributed by atoms with E-state index in [0.717, 1.165) is 30.5 Å². The van der Waals surface area contributed by atoms with Crippen LogP contribution in [0.1, 0.15) is 18.4 Å². The van der Waals surface area contributed by atoms with Gasteiger partial charge in [0, 0.05) is 13.1 Å². The number of benzene rings is 2. The van der Waals surface area contributed by atoms with Crippen molar-refractivity contribution < 1.29 is 9.53 Å². The lowest BCUT2D eigenvalue weighted by Gasteiger charge is -2.22. The van der Waals surface area contributed by atoms with Crippen molar-refractivity contribution in [2.75, 3.05) is 13.7 Å². The van der Waals surface area contributed by atoms with Crippen LogP contribution in [0, 0.1) is 0 Å². The molecular weight excluding hydrogens is 264 g/mol. The van der Waals surface area contributed by atoms with Gasteiger partial charge in [-0.05, 0) is 47.4 Å². The molecule has 0 bridgehead atoms. The van der Waals surface area contributed by atoms with E-state index in [1.165, 1.54) is 10.9 Å². The molecule has 110 valence electrons. The molecule has 1 fully saturated rings. The van der Waals surface area contributed by atoms with Crippen molar-refractivity contribution in [1.29, 1.82) is 0 Å². The van der Waals surface area contributed by atoms with Gasteiger partial charge < -0.3 is 15.4 Å². The predicted octanol–water partition coefficient (Wildman–Crippen LogP) is 2.22. The summed E-state index contributed by atoms with van der Waals surface area (Å²) < 4.78 is 5.23. The third kappa shape index (κ3) is 3.16.